The second-order valence-electron chi connectivity index (χ2n) is 6.02. The Morgan fingerprint density at radius 1 is 1.30 bits per heavy atom. The van der Waals surface area contributed by atoms with Crippen molar-refractivity contribution in [2.24, 2.45) is 11.8 Å². The minimum absolute atomic E-state index is 0.131. The van der Waals surface area contributed by atoms with Gasteiger partial charge in [0.15, 0.2) is 0 Å². The number of piperidine rings is 1. The summed E-state index contributed by atoms with van der Waals surface area (Å²) in [6.07, 6.45) is 9.93. The Balaban J connectivity index is 1.74. The summed E-state index contributed by atoms with van der Waals surface area (Å²) in [6.45, 7) is 1.83. The smallest absolute Gasteiger partial charge is 0.257 e. The number of carbonyl (C=O) groups excluding carboxylic acids is 1. The van der Waals surface area contributed by atoms with Crippen LogP contribution in [0.25, 0.3) is 0 Å². The predicted octanol–water partition coefficient (Wildman–Crippen LogP) is 2.78. The average Bonchev–Trinajstić information content (AvgIpc) is 2.53. The van der Waals surface area contributed by atoms with Crippen LogP contribution in [0.1, 0.15) is 42.5 Å². The van der Waals surface area contributed by atoms with Crippen molar-refractivity contribution in [2.45, 2.75) is 32.1 Å². The number of nitrogens with zero attached hydrogens (tertiary/aromatic N) is 2. The predicted molar refractivity (Wildman–Crippen MR) is 79.8 cm³/mol. The molecule has 1 saturated carbocycles. The van der Waals surface area contributed by atoms with Crippen LogP contribution in [0, 0.1) is 11.8 Å². The quantitative estimate of drug-likeness (QED) is 0.901. The van der Waals surface area contributed by atoms with Gasteiger partial charge < -0.3 is 10.2 Å². The molecule has 1 aliphatic heterocycles. The van der Waals surface area contributed by atoms with Crippen LogP contribution in [-0.2, 0) is 0 Å². The fraction of sp³-hybridized carbons (Fsp3) is 0.625. The van der Waals surface area contributed by atoms with Gasteiger partial charge in [-0.1, -0.05) is 19.3 Å². The Morgan fingerprint density at radius 2 is 2.10 bits per heavy atom. The van der Waals surface area contributed by atoms with E-state index in [1.807, 2.05) is 18.0 Å². The molecule has 1 aromatic rings. The molecule has 2 unspecified atom stereocenters. The molecule has 2 fully saturated rings. The van der Waals surface area contributed by atoms with Gasteiger partial charge in [-0.15, -0.1) is 0 Å². The molecule has 0 spiro atoms. The highest BCUT2D eigenvalue weighted by Crippen LogP contribution is 2.36. The van der Waals surface area contributed by atoms with Crippen LogP contribution in [0.5, 0.6) is 0 Å². The van der Waals surface area contributed by atoms with E-state index in [9.17, 15) is 4.79 Å². The summed E-state index contributed by atoms with van der Waals surface area (Å²) >= 11 is 0. The maximum Gasteiger partial charge on any atom is 0.257 e. The van der Waals surface area contributed by atoms with Crippen LogP contribution in [0.15, 0.2) is 18.5 Å². The van der Waals surface area contributed by atoms with Gasteiger partial charge in [-0.3, -0.25) is 9.78 Å². The van der Waals surface area contributed by atoms with Gasteiger partial charge >= 0.3 is 0 Å². The Bertz CT molecular complexity index is 488. The van der Waals surface area contributed by atoms with Crippen molar-refractivity contribution in [1.82, 2.24) is 9.88 Å². The van der Waals surface area contributed by atoms with E-state index in [-0.39, 0.29) is 5.91 Å². The summed E-state index contributed by atoms with van der Waals surface area (Å²) in [5, 5.41) is 3.08. The van der Waals surface area contributed by atoms with Gasteiger partial charge in [0.1, 0.15) is 0 Å². The van der Waals surface area contributed by atoms with Crippen molar-refractivity contribution in [2.75, 3.05) is 25.5 Å². The van der Waals surface area contributed by atoms with Crippen molar-refractivity contribution < 1.29 is 4.79 Å². The third-order valence-electron chi connectivity index (χ3n) is 4.90. The number of aromatic nitrogens is 1. The normalized spacial score (nSPS) is 25.9. The molecule has 2 aliphatic rings. The van der Waals surface area contributed by atoms with E-state index >= 15 is 0 Å². The number of hydrogen-bond donors (Lipinski definition) is 1. The van der Waals surface area contributed by atoms with E-state index in [1.165, 1.54) is 32.1 Å². The summed E-state index contributed by atoms with van der Waals surface area (Å²) < 4.78 is 0. The van der Waals surface area contributed by atoms with Crippen LogP contribution >= 0.6 is 0 Å². The van der Waals surface area contributed by atoms with Crippen molar-refractivity contribution in [1.29, 1.82) is 0 Å². The Kier molecular flexibility index (Phi) is 3.90. The molecule has 2 heterocycles. The van der Waals surface area contributed by atoms with Crippen molar-refractivity contribution >= 4 is 11.6 Å². The van der Waals surface area contributed by atoms with Crippen LogP contribution in [0.4, 0.5) is 5.69 Å². The first-order valence-electron chi connectivity index (χ1n) is 7.70. The summed E-state index contributed by atoms with van der Waals surface area (Å²) in [5.41, 5.74) is 1.57. The lowest BCUT2D eigenvalue weighted by Crippen LogP contribution is -2.44. The van der Waals surface area contributed by atoms with Gasteiger partial charge in [0, 0.05) is 38.2 Å². The van der Waals surface area contributed by atoms with Gasteiger partial charge in [-0.05, 0) is 30.7 Å². The average molecular weight is 273 g/mol. The second kappa shape index (κ2) is 5.81. The number of fused-ring (bicyclic) bond motifs is 1. The molecule has 1 amide bonds. The first-order valence-corrected chi connectivity index (χ1v) is 7.70. The van der Waals surface area contributed by atoms with Crippen LogP contribution in [0.3, 0.4) is 0 Å². The fourth-order valence-corrected chi connectivity index (χ4v) is 3.74. The van der Waals surface area contributed by atoms with Crippen LogP contribution in [-0.4, -0.2) is 35.9 Å². The number of hydrogen-bond acceptors (Lipinski definition) is 3. The third-order valence-corrected chi connectivity index (χ3v) is 4.90. The highest BCUT2D eigenvalue weighted by molar-refractivity contribution is 5.99. The number of rotatable bonds is 2. The number of pyridine rings is 1. The minimum atomic E-state index is 0.131. The Hall–Kier alpha value is -1.58. The van der Waals surface area contributed by atoms with Crippen molar-refractivity contribution in [3.63, 3.8) is 0 Å². The second-order valence-corrected chi connectivity index (χ2v) is 6.02. The zero-order chi connectivity index (χ0) is 13.9. The van der Waals surface area contributed by atoms with E-state index < -0.39 is 0 Å². The summed E-state index contributed by atoms with van der Waals surface area (Å²) in [6, 6.07) is 1.86. The first kappa shape index (κ1) is 13.4. The molecular weight excluding hydrogens is 250 g/mol. The molecule has 0 aromatic carbocycles. The molecule has 0 bridgehead atoms. The standard InChI is InChI=1S/C16H23N3O/c1-17-15-6-8-18-10-14(15)16(20)19-9-7-12-4-2-3-5-13(12)11-19/h6,8,10,12-13H,2-5,7,9,11H2,1H3,(H,17,18). The van der Waals surface area contributed by atoms with Gasteiger partial charge in [-0.25, -0.2) is 0 Å². The molecule has 1 aromatic heterocycles. The Labute approximate surface area is 120 Å². The first-order chi connectivity index (χ1) is 9.79. The molecule has 20 heavy (non-hydrogen) atoms. The summed E-state index contributed by atoms with van der Waals surface area (Å²) in [5.74, 6) is 1.70. The maximum atomic E-state index is 12.7. The number of anilines is 1. The van der Waals surface area contributed by atoms with E-state index in [1.54, 1.807) is 12.4 Å². The molecule has 4 heteroatoms. The Morgan fingerprint density at radius 3 is 2.90 bits per heavy atom. The zero-order valence-electron chi connectivity index (χ0n) is 12.1. The largest absolute Gasteiger partial charge is 0.387 e. The summed E-state index contributed by atoms with van der Waals surface area (Å²) in [4.78, 5) is 18.8. The molecule has 1 aliphatic carbocycles. The molecule has 1 saturated heterocycles. The molecule has 4 nitrogen and oxygen atoms in total. The highest BCUT2D eigenvalue weighted by atomic mass is 16.2. The van der Waals surface area contributed by atoms with E-state index in [0.717, 1.165) is 30.6 Å². The number of amides is 1. The van der Waals surface area contributed by atoms with Crippen molar-refractivity contribution in [3.8, 4) is 0 Å². The van der Waals surface area contributed by atoms with Gasteiger partial charge in [0.2, 0.25) is 0 Å². The summed E-state index contributed by atoms with van der Waals surface area (Å²) in [7, 11) is 1.85. The lowest BCUT2D eigenvalue weighted by atomic mass is 9.75. The number of carbonyl (C=O) groups is 1. The molecule has 1 N–H and O–H groups in total. The van der Waals surface area contributed by atoms with Gasteiger partial charge in [-0.2, -0.15) is 0 Å². The SMILES string of the molecule is CNc1ccncc1C(=O)N1CCC2CCCCC2C1. The maximum absolute atomic E-state index is 12.7. The number of likely N-dealkylation sites (tertiary alicyclic amines) is 1. The highest BCUT2D eigenvalue weighted by Gasteiger charge is 2.33. The van der Waals surface area contributed by atoms with Crippen LogP contribution < -0.4 is 5.32 Å². The van der Waals surface area contributed by atoms with Gasteiger partial charge in [0.25, 0.3) is 5.91 Å². The van der Waals surface area contributed by atoms with E-state index in [4.69, 9.17) is 0 Å². The lowest BCUT2D eigenvalue weighted by molar-refractivity contribution is 0.0521. The van der Waals surface area contributed by atoms with Gasteiger partial charge in [0.05, 0.1) is 5.56 Å². The fourth-order valence-electron chi connectivity index (χ4n) is 3.74. The van der Waals surface area contributed by atoms with E-state index in [0.29, 0.717) is 5.56 Å². The lowest BCUT2D eigenvalue weighted by Gasteiger charge is -2.41. The molecule has 108 valence electrons. The molecule has 2 atom stereocenters. The molecule has 0 radical (unpaired) electrons. The van der Waals surface area contributed by atoms with E-state index in [2.05, 4.69) is 10.3 Å². The van der Waals surface area contributed by atoms with Crippen LogP contribution in [0.2, 0.25) is 0 Å². The third kappa shape index (κ3) is 2.51. The monoisotopic (exact) mass is 273 g/mol. The molecule has 3 rings (SSSR count). The topological polar surface area (TPSA) is 45.2 Å². The minimum Gasteiger partial charge on any atom is -0.387 e. The van der Waals surface area contributed by atoms with Crippen molar-refractivity contribution in [3.05, 3.63) is 24.0 Å². The molecular formula is C16H23N3O. The zero-order valence-corrected chi connectivity index (χ0v) is 12.1. The number of nitrogens with one attached hydrogen (secondary N) is 1.